The Labute approximate surface area is 133 Å². The minimum atomic E-state index is -1.46. The van der Waals surface area contributed by atoms with Gasteiger partial charge in [-0.1, -0.05) is 17.8 Å². The third-order valence-electron chi connectivity index (χ3n) is 3.65. The van der Waals surface area contributed by atoms with Gasteiger partial charge in [0.25, 0.3) is 5.79 Å². The zero-order valence-electron chi connectivity index (χ0n) is 12.9. The molecule has 22 heavy (non-hydrogen) atoms. The summed E-state index contributed by atoms with van der Waals surface area (Å²) in [5.74, 6) is -4.89. The molecular formula is C15H20O6S. The Hall–Kier alpha value is -1.34. The van der Waals surface area contributed by atoms with Crippen LogP contribution in [0.2, 0.25) is 0 Å². The van der Waals surface area contributed by atoms with Crippen LogP contribution in [0, 0.1) is 5.92 Å². The molecule has 2 heterocycles. The van der Waals surface area contributed by atoms with Crippen molar-refractivity contribution in [3.63, 3.8) is 0 Å². The third kappa shape index (κ3) is 3.70. The van der Waals surface area contributed by atoms with Gasteiger partial charge >= 0.3 is 11.9 Å². The number of rotatable bonds is 6. The fourth-order valence-electron chi connectivity index (χ4n) is 2.50. The normalized spacial score (nSPS) is 27.6. The highest BCUT2D eigenvalue weighted by atomic mass is 32.2. The first-order valence-corrected chi connectivity index (χ1v) is 8.03. The minimum absolute atomic E-state index is 0.112. The Bertz CT molecular complexity index is 482. The Kier molecular flexibility index (Phi) is 4.97. The molecule has 0 saturated carbocycles. The van der Waals surface area contributed by atoms with Crippen molar-refractivity contribution in [2.24, 2.45) is 5.92 Å². The Morgan fingerprint density at radius 3 is 2.50 bits per heavy atom. The average Bonchev–Trinajstić information content (AvgIpc) is 2.85. The van der Waals surface area contributed by atoms with E-state index in [4.69, 9.17) is 14.2 Å². The van der Waals surface area contributed by atoms with Crippen molar-refractivity contribution in [3.8, 4) is 0 Å². The first kappa shape index (κ1) is 17.0. The van der Waals surface area contributed by atoms with E-state index < -0.39 is 29.4 Å². The van der Waals surface area contributed by atoms with E-state index in [1.54, 1.807) is 18.9 Å². The number of thioether (sulfide) groups is 1. The summed E-state index contributed by atoms with van der Waals surface area (Å²) < 4.78 is 15.4. The number of ether oxygens (including phenoxy) is 3. The Morgan fingerprint density at radius 1 is 1.36 bits per heavy atom. The van der Waals surface area contributed by atoms with Crippen LogP contribution in [-0.2, 0) is 28.6 Å². The third-order valence-corrected chi connectivity index (χ3v) is 4.94. The van der Waals surface area contributed by atoms with Crippen LogP contribution in [0.15, 0.2) is 11.5 Å². The molecule has 1 unspecified atom stereocenters. The van der Waals surface area contributed by atoms with Crippen LogP contribution in [0.25, 0.3) is 0 Å². The average molecular weight is 328 g/mol. The van der Waals surface area contributed by atoms with E-state index in [2.05, 4.69) is 0 Å². The number of hydrogen-bond acceptors (Lipinski definition) is 7. The summed E-state index contributed by atoms with van der Waals surface area (Å²) in [7, 11) is 1.64. The number of hydrogen-bond donors (Lipinski definition) is 0. The van der Waals surface area contributed by atoms with Crippen LogP contribution < -0.4 is 0 Å². The van der Waals surface area contributed by atoms with Crippen molar-refractivity contribution in [1.29, 1.82) is 0 Å². The second-order valence-electron chi connectivity index (χ2n) is 5.80. The number of ketones is 1. The van der Waals surface area contributed by atoms with Crippen molar-refractivity contribution in [2.45, 2.75) is 50.3 Å². The van der Waals surface area contributed by atoms with Gasteiger partial charge in [0, 0.05) is 33.8 Å². The zero-order chi connectivity index (χ0) is 16.4. The summed E-state index contributed by atoms with van der Waals surface area (Å²) in [6, 6.07) is 0. The fourth-order valence-corrected chi connectivity index (χ4v) is 3.49. The number of Topliss-reactive ketones (excluding diaryl/α,β-unsaturated/α-hetero) is 1. The van der Waals surface area contributed by atoms with Gasteiger partial charge in [0.05, 0.1) is 0 Å². The van der Waals surface area contributed by atoms with Crippen molar-refractivity contribution in [2.75, 3.05) is 7.11 Å². The van der Waals surface area contributed by atoms with E-state index in [0.717, 1.165) is 6.42 Å². The Balaban J connectivity index is 1.87. The van der Waals surface area contributed by atoms with Crippen molar-refractivity contribution >= 4 is 29.5 Å². The monoisotopic (exact) mass is 328 g/mol. The molecule has 0 amide bonds. The Morgan fingerprint density at radius 2 is 2.00 bits per heavy atom. The summed E-state index contributed by atoms with van der Waals surface area (Å²) in [5.41, 5.74) is 0. The van der Waals surface area contributed by atoms with Gasteiger partial charge in [-0.3, -0.25) is 14.4 Å². The van der Waals surface area contributed by atoms with Crippen LogP contribution in [-0.4, -0.2) is 35.6 Å². The molecule has 2 aliphatic heterocycles. The second-order valence-corrected chi connectivity index (χ2v) is 7.06. The van der Waals surface area contributed by atoms with Gasteiger partial charge < -0.3 is 14.2 Å². The highest BCUT2D eigenvalue weighted by molar-refractivity contribution is 8.03. The SMILES string of the molecule is COC1(CCCC(=O)C2C(=O)OC(C)(C)OC2=O)CC=CS1. The van der Waals surface area contributed by atoms with Crippen molar-refractivity contribution in [1.82, 2.24) is 0 Å². The highest BCUT2D eigenvalue weighted by Crippen LogP contribution is 2.41. The van der Waals surface area contributed by atoms with Crippen LogP contribution in [0.5, 0.6) is 0 Å². The van der Waals surface area contributed by atoms with E-state index >= 15 is 0 Å². The fraction of sp³-hybridized carbons (Fsp3) is 0.667. The van der Waals surface area contributed by atoms with Crippen molar-refractivity contribution in [3.05, 3.63) is 11.5 Å². The molecule has 1 saturated heterocycles. The largest absolute Gasteiger partial charge is 0.422 e. The van der Waals surface area contributed by atoms with Crippen LogP contribution >= 0.6 is 11.8 Å². The number of cyclic esters (lactones) is 2. The maximum absolute atomic E-state index is 12.1. The predicted octanol–water partition coefficient (Wildman–Crippen LogP) is 2.17. The van der Waals surface area contributed by atoms with E-state index in [-0.39, 0.29) is 11.4 Å². The standard InChI is InChI=1S/C15H20O6S/c1-14(2)20-12(17)11(13(18)21-14)10(16)6-4-7-15(19-3)8-5-9-22-15/h5,9,11H,4,6-8H2,1-3H3. The van der Waals surface area contributed by atoms with Gasteiger partial charge in [0.2, 0.25) is 5.92 Å². The molecule has 0 N–H and O–H groups in total. The maximum atomic E-state index is 12.1. The molecule has 0 aromatic rings. The van der Waals surface area contributed by atoms with Crippen molar-refractivity contribution < 1.29 is 28.6 Å². The smallest absolute Gasteiger partial charge is 0.331 e. The van der Waals surface area contributed by atoms with Gasteiger partial charge in [-0.05, 0) is 18.2 Å². The van der Waals surface area contributed by atoms with Gasteiger partial charge in [0.15, 0.2) is 5.78 Å². The number of carbonyl (C=O) groups is 3. The molecule has 6 nitrogen and oxygen atoms in total. The summed E-state index contributed by atoms with van der Waals surface area (Å²) in [4.78, 5) is 35.4. The van der Waals surface area contributed by atoms with Gasteiger partial charge in [-0.15, -0.1) is 0 Å². The summed E-state index contributed by atoms with van der Waals surface area (Å²) >= 11 is 1.58. The van der Waals surface area contributed by atoms with E-state index in [9.17, 15) is 14.4 Å². The lowest BCUT2D eigenvalue weighted by molar-refractivity contribution is -0.238. The van der Waals surface area contributed by atoms with Crippen LogP contribution in [0.3, 0.4) is 0 Å². The lowest BCUT2D eigenvalue weighted by atomic mass is 9.97. The molecule has 7 heteroatoms. The van der Waals surface area contributed by atoms with Crippen LogP contribution in [0.1, 0.15) is 39.5 Å². The topological polar surface area (TPSA) is 78.9 Å². The molecule has 2 rings (SSSR count). The maximum Gasteiger partial charge on any atom is 0.331 e. The number of esters is 2. The molecular weight excluding hydrogens is 308 g/mol. The molecule has 2 aliphatic rings. The molecule has 1 atom stereocenters. The van der Waals surface area contributed by atoms with Crippen LogP contribution in [0.4, 0.5) is 0 Å². The molecule has 1 fully saturated rings. The first-order chi connectivity index (χ1) is 10.3. The summed E-state index contributed by atoms with van der Waals surface area (Å²) in [6.07, 6.45) is 4.11. The summed E-state index contributed by atoms with van der Waals surface area (Å²) in [5, 5.41) is 1.98. The quantitative estimate of drug-likeness (QED) is 0.546. The number of carbonyl (C=O) groups excluding carboxylic acids is 3. The lowest BCUT2D eigenvalue weighted by Crippen LogP contribution is -2.49. The molecule has 0 spiro atoms. The lowest BCUT2D eigenvalue weighted by Gasteiger charge is -2.32. The minimum Gasteiger partial charge on any atom is -0.422 e. The van der Waals surface area contributed by atoms with Gasteiger partial charge in [-0.2, -0.15) is 0 Å². The molecule has 122 valence electrons. The van der Waals surface area contributed by atoms with Gasteiger partial charge in [0.1, 0.15) is 4.93 Å². The number of methoxy groups -OCH3 is 1. The second kappa shape index (κ2) is 6.42. The zero-order valence-corrected chi connectivity index (χ0v) is 13.7. The van der Waals surface area contributed by atoms with E-state index in [1.807, 2.05) is 11.5 Å². The van der Waals surface area contributed by atoms with E-state index in [0.29, 0.717) is 12.8 Å². The molecule has 0 aromatic carbocycles. The molecule has 0 aliphatic carbocycles. The predicted molar refractivity (Wildman–Crippen MR) is 79.7 cm³/mol. The van der Waals surface area contributed by atoms with Gasteiger partial charge in [-0.25, -0.2) is 0 Å². The van der Waals surface area contributed by atoms with E-state index in [1.165, 1.54) is 13.8 Å². The molecule has 0 radical (unpaired) electrons. The molecule has 0 bridgehead atoms. The molecule has 0 aromatic heterocycles. The highest BCUT2D eigenvalue weighted by Gasteiger charge is 2.46. The first-order valence-electron chi connectivity index (χ1n) is 7.15. The summed E-state index contributed by atoms with van der Waals surface area (Å²) in [6.45, 7) is 2.91.